The Balaban J connectivity index is 1.85. The number of carbonyl (C=O) groups excluding carboxylic acids is 1. The molecule has 0 saturated heterocycles. The van der Waals surface area contributed by atoms with Gasteiger partial charge in [0.1, 0.15) is 5.75 Å². The molecule has 0 radical (unpaired) electrons. The number of anilines is 1. The maximum absolute atomic E-state index is 11.9. The quantitative estimate of drug-likeness (QED) is 0.912. The van der Waals surface area contributed by atoms with E-state index in [4.69, 9.17) is 4.74 Å². The molecule has 0 bridgehead atoms. The van der Waals surface area contributed by atoms with Gasteiger partial charge in [0.15, 0.2) is 0 Å². The maximum Gasteiger partial charge on any atom is 0.239 e. The van der Waals surface area contributed by atoms with E-state index in [0.29, 0.717) is 12.6 Å². The highest BCUT2D eigenvalue weighted by Gasteiger charge is 2.23. The molecular formula is C16H19N3O2. The third kappa shape index (κ3) is 3.07. The van der Waals surface area contributed by atoms with Crippen LogP contribution < -0.4 is 15.0 Å². The van der Waals surface area contributed by atoms with Crippen LogP contribution in [-0.4, -0.2) is 37.6 Å². The highest BCUT2D eigenvalue weighted by Crippen LogP contribution is 2.28. The van der Waals surface area contributed by atoms with Crippen molar-refractivity contribution in [3.63, 3.8) is 0 Å². The first-order valence-electron chi connectivity index (χ1n) is 7.10. The molecule has 5 heteroatoms. The van der Waals surface area contributed by atoms with Gasteiger partial charge in [-0.25, -0.2) is 0 Å². The normalized spacial score (nSPS) is 14.0. The van der Waals surface area contributed by atoms with E-state index < -0.39 is 0 Å². The van der Waals surface area contributed by atoms with Crippen LogP contribution in [0.4, 0.5) is 5.69 Å². The fraction of sp³-hybridized carbons (Fsp3) is 0.375. The van der Waals surface area contributed by atoms with Crippen LogP contribution in [0.25, 0.3) is 10.9 Å². The van der Waals surface area contributed by atoms with Gasteiger partial charge >= 0.3 is 0 Å². The molecule has 21 heavy (non-hydrogen) atoms. The first-order chi connectivity index (χ1) is 10.2. The molecule has 1 saturated carbocycles. The number of nitrogens with one attached hydrogen (secondary N) is 1. The molecule has 0 aliphatic heterocycles. The van der Waals surface area contributed by atoms with Gasteiger partial charge in [0, 0.05) is 30.4 Å². The van der Waals surface area contributed by atoms with Crippen LogP contribution in [0.15, 0.2) is 30.5 Å². The van der Waals surface area contributed by atoms with Gasteiger partial charge in [-0.3, -0.25) is 9.78 Å². The smallest absolute Gasteiger partial charge is 0.239 e. The number of amides is 1. The summed E-state index contributed by atoms with van der Waals surface area (Å²) in [5.74, 6) is 0.848. The number of ether oxygens (including phenoxy) is 1. The number of pyridine rings is 1. The zero-order chi connectivity index (χ0) is 14.8. The summed E-state index contributed by atoms with van der Waals surface area (Å²) in [6.07, 6.45) is 3.97. The van der Waals surface area contributed by atoms with Gasteiger partial charge < -0.3 is 15.0 Å². The standard InChI is InChI=1S/C16H19N3O2/c1-19(10-16(20)18-11-3-4-11)15-7-8-17-14-6-5-12(21-2)9-13(14)15/h5-9,11H,3-4,10H2,1-2H3,(H,18,20). The lowest BCUT2D eigenvalue weighted by Gasteiger charge is -2.20. The number of methoxy groups -OCH3 is 1. The van der Waals surface area contributed by atoms with Crippen molar-refractivity contribution in [2.45, 2.75) is 18.9 Å². The Labute approximate surface area is 123 Å². The van der Waals surface area contributed by atoms with Crippen LogP contribution in [0.1, 0.15) is 12.8 Å². The Bertz CT molecular complexity index is 668. The number of rotatable bonds is 5. The predicted octanol–water partition coefficient (Wildman–Crippen LogP) is 1.96. The van der Waals surface area contributed by atoms with E-state index in [0.717, 1.165) is 35.2 Å². The van der Waals surface area contributed by atoms with Crippen molar-refractivity contribution in [1.82, 2.24) is 10.3 Å². The molecule has 110 valence electrons. The molecule has 1 heterocycles. The van der Waals surface area contributed by atoms with E-state index in [1.807, 2.05) is 36.2 Å². The fourth-order valence-electron chi connectivity index (χ4n) is 2.37. The Kier molecular flexibility index (Phi) is 3.64. The molecule has 0 unspecified atom stereocenters. The summed E-state index contributed by atoms with van der Waals surface area (Å²) in [5.41, 5.74) is 1.87. The molecule has 3 rings (SSSR count). The van der Waals surface area contributed by atoms with E-state index >= 15 is 0 Å². The molecule has 1 aliphatic rings. The molecule has 0 spiro atoms. The van der Waals surface area contributed by atoms with Gasteiger partial charge in [-0.2, -0.15) is 0 Å². The monoisotopic (exact) mass is 285 g/mol. The number of carbonyl (C=O) groups is 1. The molecular weight excluding hydrogens is 266 g/mol. The van der Waals surface area contributed by atoms with Crippen molar-refractivity contribution in [3.8, 4) is 5.75 Å². The number of nitrogens with zero attached hydrogens (tertiary/aromatic N) is 2. The van der Waals surface area contributed by atoms with Gasteiger partial charge in [0.2, 0.25) is 5.91 Å². The van der Waals surface area contributed by atoms with Gasteiger partial charge in [-0.15, -0.1) is 0 Å². The van der Waals surface area contributed by atoms with Gasteiger partial charge in [0.25, 0.3) is 0 Å². The molecule has 1 amide bonds. The molecule has 1 fully saturated rings. The summed E-state index contributed by atoms with van der Waals surface area (Å²) < 4.78 is 5.27. The van der Waals surface area contributed by atoms with Crippen molar-refractivity contribution in [3.05, 3.63) is 30.5 Å². The van der Waals surface area contributed by atoms with Gasteiger partial charge in [-0.05, 0) is 37.1 Å². The van der Waals surface area contributed by atoms with Crippen molar-refractivity contribution in [2.75, 3.05) is 25.6 Å². The van der Waals surface area contributed by atoms with E-state index in [1.165, 1.54) is 0 Å². The zero-order valence-electron chi connectivity index (χ0n) is 12.3. The number of hydrogen-bond acceptors (Lipinski definition) is 4. The molecule has 0 atom stereocenters. The number of likely N-dealkylation sites (N-methyl/N-ethyl adjacent to an activating group) is 1. The van der Waals surface area contributed by atoms with E-state index in [9.17, 15) is 4.79 Å². The molecule has 5 nitrogen and oxygen atoms in total. The molecule has 1 aromatic carbocycles. The number of aromatic nitrogens is 1. The Morgan fingerprint density at radius 2 is 2.24 bits per heavy atom. The topological polar surface area (TPSA) is 54.5 Å². The zero-order valence-corrected chi connectivity index (χ0v) is 12.3. The molecule has 1 aliphatic carbocycles. The first-order valence-corrected chi connectivity index (χ1v) is 7.10. The summed E-state index contributed by atoms with van der Waals surface area (Å²) in [4.78, 5) is 18.2. The summed E-state index contributed by atoms with van der Waals surface area (Å²) in [7, 11) is 3.56. The average molecular weight is 285 g/mol. The number of fused-ring (bicyclic) bond motifs is 1. The van der Waals surface area contributed by atoms with E-state index in [1.54, 1.807) is 13.3 Å². The van der Waals surface area contributed by atoms with Crippen LogP contribution in [-0.2, 0) is 4.79 Å². The third-order valence-corrected chi connectivity index (χ3v) is 3.66. The number of hydrogen-bond donors (Lipinski definition) is 1. The van der Waals surface area contributed by atoms with Gasteiger partial charge in [0.05, 0.1) is 19.2 Å². The average Bonchev–Trinajstić information content (AvgIpc) is 3.29. The fourth-order valence-corrected chi connectivity index (χ4v) is 2.37. The molecule has 2 aromatic rings. The minimum Gasteiger partial charge on any atom is -0.497 e. The van der Waals surface area contributed by atoms with Crippen molar-refractivity contribution < 1.29 is 9.53 Å². The molecule has 1 N–H and O–H groups in total. The highest BCUT2D eigenvalue weighted by molar-refractivity contribution is 5.94. The third-order valence-electron chi connectivity index (χ3n) is 3.66. The number of benzene rings is 1. The lowest BCUT2D eigenvalue weighted by molar-refractivity contribution is -0.119. The van der Waals surface area contributed by atoms with Crippen molar-refractivity contribution in [1.29, 1.82) is 0 Å². The van der Waals surface area contributed by atoms with Crippen LogP contribution in [0.5, 0.6) is 5.75 Å². The lowest BCUT2D eigenvalue weighted by Crippen LogP contribution is -2.36. The second-order valence-electron chi connectivity index (χ2n) is 5.41. The largest absolute Gasteiger partial charge is 0.497 e. The lowest BCUT2D eigenvalue weighted by atomic mass is 10.1. The maximum atomic E-state index is 11.9. The van der Waals surface area contributed by atoms with Crippen LogP contribution in [0.2, 0.25) is 0 Å². The Morgan fingerprint density at radius 1 is 1.43 bits per heavy atom. The summed E-state index contributed by atoms with van der Waals surface area (Å²) in [6.45, 7) is 0.340. The van der Waals surface area contributed by atoms with Gasteiger partial charge in [-0.1, -0.05) is 0 Å². The highest BCUT2D eigenvalue weighted by atomic mass is 16.5. The van der Waals surface area contributed by atoms with Crippen molar-refractivity contribution >= 4 is 22.5 Å². The van der Waals surface area contributed by atoms with E-state index in [-0.39, 0.29) is 5.91 Å². The van der Waals surface area contributed by atoms with E-state index in [2.05, 4.69) is 10.3 Å². The Morgan fingerprint density at radius 3 is 2.95 bits per heavy atom. The summed E-state index contributed by atoms with van der Waals surface area (Å²) in [6, 6.07) is 8.08. The second kappa shape index (κ2) is 5.60. The van der Waals surface area contributed by atoms with Crippen LogP contribution in [0, 0.1) is 0 Å². The SMILES string of the molecule is COc1ccc2nccc(N(C)CC(=O)NC3CC3)c2c1. The minimum atomic E-state index is 0.0628. The summed E-state index contributed by atoms with van der Waals surface area (Å²) in [5, 5.41) is 3.99. The predicted molar refractivity (Wildman–Crippen MR) is 82.7 cm³/mol. The van der Waals surface area contributed by atoms with Crippen LogP contribution >= 0.6 is 0 Å². The summed E-state index contributed by atoms with van der Waals surface area (Å²) >= 11 is 0. The minimum absolute atomic E-state index is 0.0628. The molecule has 1 aromatic heterocycles. The first kappa shape index (κ1) is 13.7. The Hall–Kier alpha value is -2.30. The van der Waals surface area contributed by atoms with Crippen molar-refractivity contribution in [2.24, 2.45) is 0 Å². The second-order valence-corrected chi connectivity index (χ2v) is 5.41. The van der Waals surface area contributed by atoms with Crippen LogP contribution in [0.3, 0.4) is 0 Å².